The SMILES string of the molecule is C=C(C=CC=C1N(CC)c2ccc3ccccc3c2C1(C)Cc1ccccc1)C(C)(Cc1ccc(CC2(C)C(C=CC=C3N(CC)c4ccc5ccccc5c4C3(C)Cc3ccccc3)=[N+](Cc3ccccc3)c3ccc4ccccc4c32)cc1)c1c(C)ccc2ccccc12. The van der Waals surface area contributed by atoms with Crippen molar-refractivity contribution in [3.8, 4) is 0 Å². The third kappa shape index (κ3) is 10.6. The molecule has 12 aromatic rings. The Morgan fingerprint density at radius 1 is 0.427 bits per heavy atom. The second-order valence-electron chi connectivity index (χ2n) is 28.1. The maximum atomic E-state index is 5.08. The standard InChI is InChI=1S/C93H86N3/c1-9-94-80-57-54-73-38-21-25-42-77(73)87(80)91(6,61-67-31-14-11-15-32-67)83(94)45-28-30-66(4)90(5,86-65(3)48-53-72-37-20-24-41-76(72)86)60-69-49-51-70(52-50-69)63-93(8)85(96(64-71-35-18-13-19-36-71)82-59-56-75-40-23-27-44-79(75)89(82)93)47-29-46-84-92(7,62-68-33-16-12-17-34-68)88-78-43-26-22-39-74(78)55-58-81(88)95(84)10-2/h11-59H,4,9-10,60-64H2,1-3,5-8H3/q+1. The van der Waals surface area contributed by atoms with Crippen molar-refractivity contribution >= 4 is 65.9 Å². The topological polar surface area (TPSA) is 9.49 Å². The summed E-state index contributed by atoms with van der Waals surface area (Å²) in [6.07, 6.45) is 17.7. The van der Waals surface area contributed by atoms with Crippen molar-refractivity contribution in [2.75, 3.05) is 22.9 Å². The van der Waals surface area contributed by atoms with Gasteiger partial charge in [0.1, 0.15) is 0 Å². The Balaban J connectivity index is 0.816. The Bertz CT molecular complexity index is 5140. The number of hydrogen-bond acceptors (Lipinski definition) is 2. The summed E-state index contributed by atoms with van der Waals surface area (Å²) in [5.41, 5.74) is 20.7. The molecule has 4 atom stereocenters. The first-order valence-corrected chi connectivity index (χ1v) is 34.7. The highest BCUT2D eigenvalue weighted by Crippen LogP contribution is 2.55. The number of hydrogen-bond donors (Lipinski definition) is 0. The third-order valence-electron chi connectivity index (χ3n) is 22.0. The lowest BCUT2D eigenvalue weighted by Crippen LogP contribution is -2.34. The van der Waals surface area contributed by atoms with Crippen LogP contribution < -0.4 is 9.80 Å². The maximum absolute atomic E-state index is 5.08. The lowest BCUT2D eigenvalue weighted by Gasteiger charge is -2.34. The van der Waals surface area contributed by atoms with Crippen LogP contribution in [0.3, 0.4) is 0 Å². The van der Waals surface area contributed by atoms with Crippen molar-refractivity contribution in [3.05, 3.63) is 376 Å². The lowest BCUT2D eigenvalue weighted by molar-refractivity contribution is -0.455. The second-order valence-corrected chi connectivity index (χ2v) is 28.1. The summed E-state index contributed by atoms with van der Waals surface area (Å²) >= 11 is 0. The van der Waals surface area contributed by atoms with Gasteiger partial charge >= 0.3 is 0 Å². The third-order valence-corrected chi connectivity index (χ3v) is 22.0. The number of allylic oxidation sites excluding steroid dienone is 9. The molecule has 0 aromatic heterocycles. The summed E-state index contributed by atoms with van der Waals surface area (Å²) in [7, 11) is 0. The van der Waals surface area contributed by atoms with Gasteiger partial charge in [-0.1, -0.05) is 268 Å². The molecule has 3 nitrogen and oxygen atoms in total. The monoisotopic (exact) mass is 1240 g/mol. The molecule has 3 aliphatic rings. The van der Waals surface area contributed by atoms with Gasteiger partial charge in [0.15, 0.2) is 12.3 Å². The van der Waals surface area contributed by atoms with E-state index in [4.69, 9.17) is 6.58 Å². The van der Waals surface area contributed by atoms with Gasteiger partial charge < -0.3 is 9.80 Å². The number of nitrogens with zero attached hydrogens (tertiary/aromatic N) is 3. The Labute approximate surface area is 568 Å². The molecule has 0 fully saturated rings. The highest BCUT2D eigenvalue weighted by Gasteiger charge is 2.50. The summed E-state index contributed by atoms with van der Waals surface area (Å²) in [5.74, 6) is 0. The predicted molar refractivity (Wildman–Crippen MR) is 409 cm³/mol. The van der Waals surface area contributed by atoms with E-state index in [-0.39, 0.29) is 10.8 Å². The molecule has 0 radical (unpaired) electrons. The number of anilines is 2. The van der Waals surface area contributed by atoms with Crippen molar-refractivity contribution in [2.45, 2.75) is 102 Å². The van der Waals surface area contributed by atoms with Crippen LogP contribution in [0.1, 0.15) is 97.2 Å². The number of likely N-dealkylation sites (N-methyl/N-ethyl adjacent to an activating group) is 2. The highest BCUT2D eigenvalue weighted by atomic mass is 15.2. The summed E-state index contributed by atoms with van der Waals surface area (Å²) in [4.78, 5) is 5.13. The molecule has 0 saturated carbocycles. The zero-order valence-corrected chi connectivity index (χ0v) is 56.8. The van der Waals surface area contributed by atoms with Gasteiger partial charge in [-0.2, -0.15) is 4.58 Å². The fraction of sp³-hybridized carbons (Fsp3) is 0.194. The van der Waals surface area contributed by atoms with E-state index in [2.05, 4.69) is 360 Å². The molecular formula is C93H86N3+. The summed E-state index contributed by atoms with van der Waals surface area (Å²) in [5, 5.41) is 10.3. The molecule has 96 heavy (non-hydrogen) atoms. The Kier molecular flexibility index (Phi) is 16.2. The van der Waals surface area contributed by atoms with E-state index in [1.54, 1.807) is 0 Å². The van der Waals surface area contributed by atoms with Gasteiger partial charge in [0.05, 0.1) is 5.41 Å². The number of fused-ring (bicyclic) bond motifs is 10. The Hall–Kier alpha value is -10.4. The van der Waals surface area contributed by atoms with Crippen molar-refractivity contribution < 1.29 is 4.58 Å². The van der Waals surface area contributed by atoms with Crippen LogP contribution in [0.2, 0.25) is 0 Å². The van der Waals surface area contributed by atoms with Crippen LogP contribution in [0.4, 0.5) is 17.1 Å². The highest BCUT2D eigenvalue weighted by molar-refractivity contribution is 6.08. The van der Waals surface area contributed by atoms with Gasteiger partial charge in [-0.15, -0.1) is 0 Å². The van der Waals surface area contributed by atoms with Crippen molar-refractivity contribution in [3.63, 3.8) is 0 Å². The van der Waals surface area contributed by atoms with Crippen molar-refractivity contribution in [2.24, 2.45) is 0 Å². The minimum atomic E-state index is -0.472. The van der Waals surface area contributed by atoms with Gasteiger partial charge in [0.25, 0.3) is 0 Å². The van der Waals surface area contributed by atoms with Gasteiger partial charge in [-0.05, 0) is 191 Å². The van der Waals surface area contributed by atoms with Crippen molar-refractivity contribution in [1.82, 2.24) is 0 Å². The molecule has 0 spiro atoms. The van der Waals surface area contributed by atoms with Crippen LogP contribution in [0.25, 0.3) is 43.1 Å². The molecule has 0 amide bonds. The van der Waals surface area contributed by atoms with Gasteiger partial charge in [-0.25, -0.2) is 0 Å². The lowest BCUT2D eigenvalue weighted by atomic mass is 9.68. The first-order chi connectivity index (χ1) is 46.8. The van der Waals surface area contributed by atoms with E-state index < -0.39 is 10.8 Å². The average molecular weight is 1250 g/mol. The quantitative estimate of drug-likeness (QED) is 0.0626. The van der Waals surface area contributed by atoms with E-state index >= 15 is 0 Å². The molecule has 0 N–H and O–H groups in total. The smallest absolute Gasteiger partial charge is 0.210 e. The molecule has 3 heterocycles. The summed E-state index contributed by atoms with van der Waals surface area (Å²) in [6.45, 7) is 24.3. The molecule has 0 bridgehead atoms. The zero-order chi connectivity index (χ0) is 65.8. The first kappa shape index (κ1) is 61.8. The summed E-state index contributed by atoms with van der Waals surface area (Å²) < 4.78 is 2.63. The number of benzene rings is 12. The van der Waals surface area contributed by atoms with Crippen LogP contribution in [0.15, 0.2) is 321 Å². The zero-order valence-electron chi connectivity index (χ0n) is 56.8. The Morgan fingerprint density at radius 2 is 0.833 bits per heavy atom. The molecule has 0 aliphatic carbocycles. The van der Waals surface area contributed by atoms with Crippen LogP contribution in [-0.2, 0) is 53.9 Å². The molecule has 3 aliphatic heterocycles. The second kappa shape index (κ2) is 25.1. The molecule has 472 valence electrons. The minimum absolute atomic E-state index is 0.284. The fourth-order valence-electron chi connectivity index (χ4n) is 17.6. The molecule has 3 heteroatoms. The molecular weight excluding hydrogens is 1160 g/mol. The van der Waals surface area contributed by atoms with E-state index in [9.17, 15) is 0 Å². The van der Waals surface area contributed by atoms with E-state index in [0.717, 1.165) is 50.9 Å². The van der Waals surface area contributed by atoms with E-state index in [1.807, 2.05) is 0 Å². The van der Waals surface area contributed by atoms with Crippen LogP contribution in [0.5, 0.6) is 0 Å². The van der Waals surface area contributed by atoms with Gasteiger partial charge in [0, 0.05) is 75.4 Å². The maximum Gasteiger partial charge on any atom is 0.210 e. The molecule has 4 unspecified atom stereocenters. The normalized spacial score (nSPS) is 19.8. The van der Waals surface area contributed by atoms with E-state index in [1.165, 1.54) is 133 Å². The number of aryl methyl sites for hydroxylation is 1. The van der Waals surface area contributed by atoms with Crippen LogP contribution in [-0.4, -0.2) is 23.4 Å². The number of rotatable bonds is 18. The fourth-order valence-corrected chi connectivity index (χ4v) is 17.6. The van der Waals surface area contributed by atoms with Crippen molar-refractivity contribution in [1.29, 1.82) is 0 Å². The molecule has 12 aromatic carbocycles. The average Bonchev–Trinajstić information content (AvgIpc) is 1.55. The predicted octanol–water partition coefficient (Wildman–Crippen LogP) is 22.4. The molecule has 15 rings (SSSR count). The summed E-state index contributed by atoms with van der Waals surface area (Å²) in [6, 6.07) is 97.4. The first-order valence-electron chi connectivity index (χ1n) is 34.7. The van der Waals surface area contributed by atoms with Gasteiger partial charge in [-0.3, -0.25) is 0 Å². The Morgan fingerprint density at radius 3 is 1.35 bits per heavy atom. The van der Waals surface area contributed by atoms with Crippen LogP contribution >= 0.6 is 0 Å². The largest absolute Gasteiger partial charge is 0.344 e. The van der Waals surface area contributed by atoms with Gasteiger partial charge in [0.2, 0.25) is 5.69 Å². The molecule has 0 saturated heterocycles. The minimum Gasteiger partial charge on any atom is -0.344 e. The van der Waals surface area contributed by atoms with E-state index in [0.29, 0.717) is 0 Å². The van der Waals surface area contributed by atoms with Crippen LogP contribution in [0, 0.1) is 6.92 Å².